The first-order chi connectivity index (χ1) is 6.93. The summed E-state index contributed by atoms with van der Waals surface area (Å²) < 4.78 is 0. The molecule has 0 aromatic heterocycles. The van der Waals surface area contributed by atoms with E-state index >= 15 is 0 Å². The Kier molecular flexibility index (Phi) is 12.8. The van der Waals surface area contributed by atoms with Gasteiger partial charge >= 0.3 is 0 Å². The molecular weight excluding hydrogens is 206 g/mol. The summed E-state index contributed by atoms with van der Waals surface area (Å²) in [6.45, 7) is 20.5. The molecule has 0 aliphatic carbocycles. The van der Waals surface area contributed by atoms with Crippen LogP contribution in [0, 0.1) is 5.92 Å². The van der Waals surface area contributed by atoms with Crippen LogP contribution in [0.5, 0.6) is 0 Å². The molecule has 0 saturated heterocycles. The lowest BCUT2D eigenvalue weighted by atomic mass is 9.94. The van der Waals surface area contributed by atoms with E-state index in [1.165, 1.54) is 5.57 Å². The van der Waals surface area contributed by atoms with Crippen molar-refractivity contribution in [3.63, 3.8) is 0 Å². The van der Waals surface area contributed by atoms with Gasteiger partial charge in [0.15, 0.2) is 0 Å². The van der Waals surface area contributed by atoms with Gasteiger partial charge in [-0.1, -0.05) is 59.6 Å². The summed E-state index contributed by atoms with van der Waals surface area (Å²) in [5, 5.41) is 3.44. The molecule has 0 rings (SSSR count). The Hall–Kier alpha value is -0.980. The molecule has 2 atom stereocenters. The van der Waals surface area contributed by atoms with Crippen molar-refractivity contribution in [3.8, 4) is 0 Å². The van der Waals surface area contributed by atoms with E-state index < -0.39 is 0 Å². The van der Waals surface area contributed by atoms with Gasteiger partial charge in [-0.15, -0.1) is 0 Å². The topological polar surface area (TPSA) is 12.0 Å². The highest BCUT2D eigenvalue weighted by atomic mass is 14.9. The van der Waals surface area contributed by atoms with Crippen LogP contribution in [-0.2, 0) is 0 Å². The van der Waals surface area contributed by atoms with Gasteiger partial charge < -0.3 is 5.32 Å². The lowest BCUT2D eigenvalue weighted by molar-refractivity contribution is 0.548. The monoisotopic (exact) mass is 239 g/mol. The Morgan fingerprint density at radius 2 is 1.41 bits per heavy atom. The number of hydrogen-bond acceptors (Lipinski definition) is 1. The summed E-state index contributed by atoms with van der Waals surface area (Å²) in [5.41, 5.74) is 3.40. The number of rotatable bonds is 7. The standard InChI is InChI=1S/C14H25N.2CH4/c1-8-13(10(3)4)12(7)15-14(9-2)11(5)6;;/h13-15H,3,5,7-9H2,1-2,4,6H3;2*1H4. The van der Waals surface area contributed by atoms with E-state index in [9.17, 15) is 0 Å². The molecule has 0 aromatic rings. The highest BCUT2D eigenvalue weighted by molar-refractivity contribution is 5.16. The molecular formula is C16H33N. The van der Waals surface area contributed by atoms with E-state index in [-0.39, 0.29) is 14.9 Å². The number of hydrogen-bond donors (Lipinski definition) is 1. The van der Waals surface area contributed by atoms with Crippen LogP contribution in [0.3, 0.4) is 0 Å². The number of nitrogens with one attached hydrogen (secondary N) is 1. The zero-order chi connectivity index (χ0) is 12.0. The van der Waals surface area contributed by atoms with E-state index in [0.29, 0.717) is 12.0 Å². The molecule has 2 unspecified atom stereocenters. The zero-order valence-electron chi connectivity index (χ0n) is 10.7. The Labute approximate surface area is 110 Å². The van der Waals surface area contributed by atoms with Gasteiger partial charge in [-0.2, -0.15) is 0 Å². The molecule has 17 heavy (non-hydrogen) atoms. The van der Waals surface area contributed by atoms with Crippen molar-refractivity contribution in [2.75, 3.05) is 0 Å². The zero-order valence-corrected chi connectivity index (χ0v) is 10.7. The lowest BCUT2D eigenvalue weighted by Crippen LogP contribution is -2.31. The van der Waals surface area contributed by atoms with Gasteiger partial charge in [0.2, 0.25) is 0 Å². The van der Waals surface area contributed by atoms with Crippen LogP contribution in [0.25, 0.3) is 0 Å². The van der Waals surface area contributed by atoms with Crippen molar-refractivity contribution in [3.05, 3.63) is 36.6 Å². The summed E-state index contributed by atoms with van der Waals surface area (Å²) in [5.74, 6) is 0.374. The van der Waals surface area contributed by atoms with Crippen molar-refractivity contribution < 1.29 is 0 Å². The first kappa shape index (κ1) is 21.3. The van der Waals surface area contributed by atoms with E-state index in [1.807, 2.05) is 0 Å². The van der Waals surface area contributed by atoms with Crippen molar-refractivity contribution in [2.45, 2.75) is 61.4 Å². The Bertz CT molecular complexity index is 250. The third kappa shape index (κ3) is 7.04. The van der Waals surface area contributed by atoms with Gasteiger partial charge in [0.1, 0.15) is 0 Å². The molecule has 0 radical (unpaired) electrons. The normalized spacial score (nSPS) is 12.5. The minimum absolute atomic E-state index is 0. The fourth-order valence-electron chi connectivity index (χ4n) is 1.79. The largest absolute Gasteiger partial charge is 0.382 e. The Morgan fingerprint density at radius 1 is 0.941 bits per heavy atom. The molecule has 0 amide bonds. The highest BCUT2D eigenvalue weighted by Crippen LogP contribution is 2.20. The van der Waals surface area contributed by atoms with Crippen LogP contribution in [0.4, 0.5) is 0 Å². The third-order valence-electron chi connectivity index (χ3n) is 2.79. The van der Waals surface area contributed by atoms with Crippen LogP contribution in [-0.4, -0.2) is 6.04 Å². The van der Waals surface area contributed by atoms with Crippen molar-refractivity contribution in [1.29, 1.82) is 0 Å². The van der Waals surface area contributed by atoms with E-state index in [1.54, 1.807) is 0 Å². The van der Waals surface area contributed by atoms with Gasteiger partial charge in [0, 0.05) is 17.7 Å². The molecule has 1 N–H and O–H groups in total. The molecule has 0 aliphatic heterocycles. The van der Waals surface area contributed by atoms with Crippen molar-refractivity contribution in [2.24, 2.45) is 5.92 Å². The molecule has 0 heterocycles. The average Bonchev–Trinajstić information content (AvgIpc) is 2.14. The second-order valence-electron chi connectivity index (χ2n) is 4.28. The van der Waals surface area contributed by atoms with Crippen molar-refractivity contribution >= 4 is 0 Å². The molecule has 0 saturated carbocycles. The molecule has 1 nitrogen and oxygen atoms in total. The fourth-order valence-corrected chi connectivity index (χ4v) is 1.79. The molecule has 0 fully saturated rings. The first-order valence-corrected chi connectivity index (χ1v) is 5.70. The predicted molar refractivity (Wildman–Crippen MR) is 83.2 cm³/mol. The van der Waals surface area contributed by atoms with E-state index in [2.05, 4.69) is 52.7 Å². The summed E-state index contributed by atoms with van der Waals surface area (Å²) >= 11 is 0. The summed E-state index contributed by atoms with van der Waals surface area (Å²) in [6.07, 6.45) is 2.09. The smallest absolute Gasteiger partial charge is 0.0462 e. The predicted octanol–water partition coefficient (Wildman–Crippen LogP) is 5.32. The van der Waals surface area contributed by atoms with Gasteiger partial charge in [-0.25, -0.2) is 0 Å². The van der Waals surface area contributed by atoms with Crippen LogP contribution in [0.2, 0.25) is 0 Å². The van der Waals surface area contributed by atoms with E-state index in [4.69, 9.17) is 0 Å². The van der Waals surface area contributed by atoms with Gasteiger partial charge in [0.25, 0.3) is 0 Å². The molecule has 0 spiro atoms. The van der Waals surface area contributed by atoms with Crippen molar-refractivity contribution in [1.82, 2.24) is 5.32 Å². The SMILES string of the molecule is C.C.C=C(C)C(CC)NC(=C)C(CC)C(=C)C. The van der Waals surface area contributed by atoms with Gasteiger partial charge in [0.05, 0.1) is 0 Å². The molecule has 0 aliphatic rings. The Balaban J connectivity index is -0.000000980. The maximum absolute atomic E-state index is 4.10. The quantitative estimate of drug-likeness (QED) is 0.593. The number of allylic oxidation sites excluding steroid dienone is 1. The second-order valence-corrected chi connectivity index (χ2v) is 4.28. The third-order valence-corrected chi connectivity index (χ3v) is 2.79. The fraction of sp³-hybridized carbons (Fsp3) is 0.625. The van der Waals surface area contributed by atoms with Gasteiger partial charge in [-0.05, 0) is 26.7 Å². The molecule has 102 valence electrons. The summed E-state index contributed by atoms with van der Waals surface area (Å²) in [7, 11) is 0. The minimum Gasteiger partial charge on any atom is -0.382 e. The highest BCUT2D eigenvalue weighted by Gasteiger charge is 2.14. The van der Waals surface area contributed by atoms with E-state index in [0.717, 1.165) is 24.1 Å². The second kappa shape index (κ2) is 10.2. The lowest BCUT2D eigenvalue weighted by Gasteiger charge is -2.25. The average molecular weight is 239 g/mol. The molecule has 0 bridgehead atoms. The summed E-state index contributed by atoms with van der Waals surface area (Å²) in [6, 6.07) is 0.339. The Morgan fingerprint density at radius 3 is 1.65 bits per heavy atom. The van der Waals surface area contributed by atoms with Crippen LogP contribution < -0.4 is 5.32 Å². The molecule has 0 aromatic carbocycles. The van der Waals surface area contributed by atoms with Crippen LogP contribution in [0.1, 0.15) is 55.4 Å². The first-order valence-electron chi connectivity index (χ1n) is 5.70. The van der Waals surface area contributed by atoms with Gasteiger partial charge in [-0.3, -0.25) is 0 Å². The van der Waals surface area contributed by atoms with Crippen LogP contribution in [0.15, 0.2) is 36.6 Å². The summed E-state index contributed by atoms with van der Waals surface area (Å²) in [4.78, 5) is 0. The van der Waals surface area contributed by atoms with Crippen LogP contribution >= 0.6 is 0 Å². The maximum atomic E-state index is 4.10. The maximum Gasteiger partial charge on any atom is 0.0462 e. The minimum atomic E-state index is 0. The molecule has 1 heteroatoms.